The molecule has 0 aliphatic carbocycles. The van der Waals surface area contributed by atoms with E-state index in [-0.39, 0.29) is 35.5 Å². The van der Waals surface area contributed by atoms with Crippen LogP contribution in [0.5, 0.6) is 0 Å². The summed E-state index contributed by atoms with van der Waals surface area (Å²) in [6, 6.07) is 1.32. The second kappa shape index (κ2) is 6.96. The fraction of sp³-hybridized carbons (Fsp3) is 0.500. The Kier molecular flexibility index (Phi) is 5.88. The van der Waals surface area contributed by atoms with E-state index in [4.69, 9.17) is 14.9 Å². The summed E-state index contributed by atoms with van der Waals surface area (Å²) in [5, 5.41) is 17.3. The van der Waals surface area contributed by atoms with Gasteiger partial charge in [-0.2, -0.15) is 0 Å². The topological polar surface area (TPSA) is 113 Å². The molecule has 3 N–H and O–H groups in total. The maximum absolute atomic E-state index is 11.9. The van der Waals surface area contributed by atoms with Crippen LogP contribution in [0.15, 0.2) is 10.3 Å². The van der Waals surface area contributed by atoms with Gasteiger partial charge in [0.1, 0.15) is 9.09 Å². The molecule has 0 saturated carbocycles. The van der Waals surface area contributed by atoms with Gasteiger partial charge in [0.25, 0.3) is 0 Å². The Bertz CT molecular complexity index is 536. The van der Waals surface area contributed by atoms with E-state index >= 15 is 0 Å². The van der Waals surface area contributed by atoms with Crippen LogP contribution in [0.2, 0.25) is 0 Å². The van der Waals surface area contributed by atoms with E-state index in [1.54, 1.807) is 6.92 Å². The summed E-state index contributed by atoms with van der Waals surface area (Å²) in [6.07, 6.45) is 0. The number of aromatic carboxylic acids is 1. The van der Waals surface area contributed by atoms with Gasteiger partial charge >= 0.3 is 5.97 Å². The van der Waals surface area contributed by atoms with Crippen molar-refractivity contribution in [2.75, 3.05) is 26.4 Å². The summed E-state index contributed by atoms with van der Waals surface area (Å²) in [6.45, 7) is 1.75. The van der Waals surface area contributed by atoms with E-state index in [2.05, 4.69) is 4.72 Å². The number of nitrogens with one attached hydrogen (secondary N) is 1. The molecule has 0 atom stereocenters. The van der Waals surface area contributed by atoms with Crippen LogP contribution in [0.3, 0.4) is 0 Å². The smallest absolute Gasteiger partial charge is 0.346 e. The lowest BCUT2D eigenvalue weighted by Gasteiger charge is -2.04. The molecule has 1 aromatic heterocycles. The monoisotopic (exact) mass is 309 g/mol. The maximum Gasteiger partial charge on any atom is 0.346 e. The van der Waals surface area contributed by atoms with Crippen LogP contribution in [0.25, 0.3) is 0 Å². The molecule has 0 fully saturated rings. The van der Waals surface area contributed by atoms with Gasteiger partial charge < -0.3 is 14.9 Å². The fourth-order valence-electron chi connectivity index (χ4n) is 1.28. The standard InChI is InChI=1S/C10H15NO6S2/c1-7-6-8(18-9(7)10(13)14)19(15,16)11-2-4-17-5-3-12/h6,11-12H,2-5H2,1H3,(H,13,14). The van der Waals surface area contributed by atoms with Gasteiger partial charge in [0, 0.05) is 6.54 Å². The number of ether oxygens (including phenoxy) is 1. The molecule has 1 aromatic rings. The Hall–Kier alpha value is -1.00. The summed E-state index contributed by atoms with van der Waals surface area (Å²) in [7, 11) is -3.72. The van der Waals surface area contributed by atoms with Gasteiger partial charge in [-0.15, -0.1) is 11.3 Å². The van der Waals surface area contributed by atoms with Crippen molar-refractivity contribution < 1.29 is 28.2 Å². The van der Waals surface area contributed by atoms with Gasteiger partial charge in [-0.3, -0.25) is 0 Å². The van der Waals surface area contributed by atoms with Crippen molar-refractivity contribution in [2.24, 2.45) is 0 Å². The number of carboxylic acid groups (broad SMARTS) is 1. The molecule has 0 aliphatic rings. The highest BCUT2D eigenvalue weighted by molar-refractivity contribution is 7.91. The number of sulfonamides is 1. The lowest BCUT2D eigenvalue weighted by Crippen LogP contribution is -2.27. The third kappa shape index (κ3) is 4.55. The van der Waals surface area contributed by atoms with Crippen molar-refractivity contribution in [3.05, 3.63) is 16.5 Å². The van der Waals surface area contributed by atoms with Gasteiger partial charge in [0.15, 0.2) is 0 Å². The lowest BCUT2D eigenvalue weighted by molar-refractivity contribution is 0.0701. The second-order valence-corrected chi connectivity index (χ2v) is 6.66. The van der Waals surface area contributed by atoms with Gasteiger partial charge in [0.2, 0.25) is 10.0 Å². The minimum Gasteiger partial charge on any atom is -0.477 e. The molecule has 0 saturated heterocycles. The number of carboxylic acids is 1. The highest BCUT2D eigenvalue weighted by Crippen LogP contribution is 2.25. The second-order valence-electron chi connectivity index (χ2n) is 3.62. The number of thiophene rings is 1. The van der Waals surface area contributed by atoms with Crippen molar-refractivity contribution in [1.82, 2.24) is 4.72 Å². The maximum atomic E-state index is 11.9. The van der Waals surface area contributed by atoms with Crippen molar-refractivity contribution >= 4 is 27.3 Å². The van der Waals surface area contributed by atoms with E-state index in [1.165, 1.54) is 6.07 Å². The normalized spacial score (nSPS) is 11.7. The molecule has 0 unspecified atom stereocenters. The van der Waals surface area contributed by atoms with E-state index in [9.17, 15) is 13.2 Å². The number of carbonyl (C=O) groups is 1. The fourth-order valence-corrected chi connectivity index (χ4v) is 3.72. The van der Waals surface area contributed by atoms with Gasteiger partial charge in [-0.1, -0.05) is 0 Å². The predicted octanol–water partition coefficient (Wildman–Crippen LogP) is 0.0419. The van der Waals surface area contributed by atoms with Crippen LogP contribution in [0.1, 0.15) is 15.2 Å². The zero-order valence-corrected chi connectivity index (χ0v) is 11.9. The summed E-state index contributed by atoms with van der Waals surface area (Å²) in [4.78, 5) is 10.9. The third-order valence-corrected chi connectivity index (χ3v) is 5.29. The Morgan fingerprint density at radius 1 is 1.47 bits per heavy atom. The molecule has 0 bridgehead atoms. The van der Waals surface area contributed by atoms with Crippen LogP contribution >= 0.6 is 11.3 Å². The molecule has 0 amide bonds. The number of rotatable bonds is 8. The van der Waals surface area contributed by atoms with Crippen LogP contribution in [-0.2, 0) is 14.8 Å². The average molecular weight is 309 g/mol. The molecule has 0 aromatic carbocycles. The van der Waals surface area contributed by atoms with E-state index in [1.807, 2.05) is 0 Å². The summed E-state index contributed by atoms with van der Waals surface area (Å²) >= 11 is 0.712. The highest BCUT2D eigenvalue weighted by Gasteiger charge is 2.21. The Balaban J connectivity index is 2.67. The quantitative estimate of drug-likeness (QED) is 0.584. The molecule has 108 valence electrons. The molecular weight excluding hydrogens is 294 g/mol. The molecule has 0 aliphatic heterocycles. The van der Waals surface area contributed by atoms with Crippen LogP contribution in [0, 0.1) is 6.92 Å². The molecule has 1 rings (SSSR count). The van der Waals surface area contributed by atoms with Crippen LogP contribution in [-0.4, -0.2) is 51.0 Å². The number of aliphatic hydroxyl groups is 1. The van der Waals surface area contributed by atoms with E-state index in [0.29, 0.717) is 16.9 Å². The van der Waals surface area contributed by atoms with Crippen molar-refractivity contribution in [3.8, 4) is 0 Å². The molecular formula is C10H15NO6S2. The Labute approximate surface area is 114 Å². The minimum atomic E-state index is -3.72. The predicted molar refractivity (Wildman–Crippen MR) is 69.1 cm³/mol. The largest absolute Gasteiger partial charge is 0.477 e. The molecule has 19 heavy (non-hydrogen) atoms. The van der Waals surface area contributed by atoms with Crippen molar-refractivity contribution in [1.29, 1.82) is 0 Å². The third-order valence-electron chi connectivity index (χ3n) is 2.13. The highest BCUT2D eigenvalue weighted by atomic mass is 32.2. The lowest BCUT2D eigenvalue weighted by atomic mass is 10.3. The summed E-state index contributed by atoms with van der Waals surface area (Å²) < 4.78 is 30.9. The molecule has 1 heterocycles. The van der Waals surface area contributed by atoms with Crippen LogP contribution < -0.4 is 4.72 Å². The molecule has 0 radical (unpaired) electrons. The number of hydrogen-bond acceptors (Lipinski definition) is 6. The van der Waals surface area contributed by atoms with Crippen molar-refractivity contribution in [3.63, 3.8) is 0 Å². The Morgan fingerprint density at radius 2 is 2.16 bits per heavy atom. The molecule has 9 heteroatoms. The molecule has 7 nitrogen and oxygen atoms in total. The van der Waals surface area contributed by atoms with Gasteiger partial charge in [-0.25, -0.2) is 17.9 Å². The van der Waals surface area contributed by atoms with Gasteiger partial charge in [0.05, 0.1) is 19.8 Å². The van der Waals surface area contributed by atoms with Crippen LogP contribution in [0.4, 0.5) is 0 Å². The first-order chi connectivity index (χ1) is 8.88. The molecule has 0 spiro atoms. The van der Waals surface area contributed by atoms with Gasteiger partial charge in [-0.05, 0) is 18.6 Å². The first-order valence-electron chi connectivity index (χ1n) is 5.40. The average Bonchev–Trinajstić information content (AvgIpc) is 2.72. The van der Waals surface area contributed by atoms with Crippen molar-refractivity contribution in [2.45, 2.75) is 11.1 Å². The SMILES string of the molecule is Cc1cc(S(=O)(=O)NCCOCCO)sc1C(=O)O. The first-order valence-corrected chi connectivity index (χ1v) is 7.70. The summed E-state index contributed by atoms with van der Waals surface area (Å²) in [5.74, 6) is -1.14. The minimum absolute atomic E-state index is 0.0110. The van der Waals surface area contributed by atoms with E-state index < -0.39 is 16.0 Å². The zero-order valence-electron chi connectivity index (χ0n) is 10.2. The zero-order chi connectivity index (χ0) is 14.5. The first kappa shape index (κ1) is 16.1. The number of hydrogen-bond donors (Lipinski definition) is 3. The Morgan fingerprint density at radius 3 is 2.68 bits per heavy atom. The van der Waals surface area contributed by atoms with E-state index in [0.717, 1.165) is 0 Å². The summed E-state index contributed by atoms with van der Waals surface area (Å²) in [5.41, 5.74) is 0.411. The number of aliphatic hydroxyl groups excluding tert-OH is 1. The number of aryl methyl sites for hydroxylation is 1.